The quantitative estimate of drug-likeness (QED) is 0.133. The first-order valence-electron chi connectivity index (χ1n) is 23.3. The van der Waals surface area contributed by atoms with Crippen LogP contribution in [0.2, 0.25) is 0 Å². The van der Waals surface area contributed by atoms with Gasteiger partial charge in [0.1, 0.15) is 0 Å². The molecular weight excluding hydrogens is 821 g/mol. The number of hydrogen-bond donors (Lipinski definition) is 0. The van der Waals surface area contributed by atoms with E-state index in [1.54, 1.807) is 0 Å². The maximum absolute atomic E-state index is 2.44. The molecule has 0 radical (unpaired) electrons. The number of aromatic nitrogens is 1. The maximum Gasteiger partial charge on any atom is 0.0541 e. The van der Waals surface area contributed by atoms with Crippen molar-refractivity contribution in [2.75, 3.05) is 4.90 Å². The number of fused-ring (bicyclic) bond motifs is 3. The van der Waals surface area contributed by atoms with Gasteiger partial charge in [0.25, 0.3) is 0 Å². The molecule has 12 aromatic rings. The van der Waals surface area contributed by atoms with Gasteiger partial charge in [0.05, 0.1) is 16.7 Å². The Labute approximate surface area is 397 Å². The minimum Gasteiger partial charge on any atom is -0.310 e. The molecule has 68 heavy (non-hydrogen) atoms. The van der Waals surface area contributed by atoms with Crippen molar-refractivity contribution in [3.63, 3.8) is 0 Å². The zero-order valence-corrected chi connectivity index (χ0v) is 37.5. The Morgan fingerprint density at radius 1 is 0.221 bits per heavy atom. The molecule has 0 spiro atoms. The Kier molecular flexibility index (Phi) is 10.6. The molecule has 0 fully saturated rings. The van der Waals surface area contributed by atoms with Crippen molar-refractivity contribution in [3.8, 4) is 72.4 Å². The number of rotatable bonds is 10. The van der Waals surface area contributed by atoms with E-state index in [9.17, 15) is 0 Å². The highest BCUT2D eigenvalue weighted by molar-refractivity contribution is 6.10. The first-order valence-corrected chi connectivity index (χ1v) is 23.3. The van der Waals surface area contributed by atoms with Gasteiger partial charge in [-0.1, -0.05) is 218 Å². The predicted octanol–water partition coefficient (Wildman–Crippen LogP) is 18.3. The second-order valence-electron chi connectivity index (χ2n) is 17.3. The fourth-order valence-corrected chi connectivity index (χ4v) is 9.89. The second kappa shape index (κ2) is 17.8. The van der Waals surface area contributed by atoms with Crippen molar-refractivity contribution in [1.29, 1.82) is 0 Å². The monoisotopic (exact) mass is 866 g/mol. The summed E-state index contributed by atoms with van der Waals surface area (Å²) in [4.78, 5) is 2.39. The molecule has 1 aromatic heterocycles. The molecule has 0 atom stereocenters. The van der Waals surface area contributed by atoms with E-state index < -0.39 is 0 Å². The third-order valence-electron chi connectivity index (χ3n) is 13.2. The molecule has 320 valence electrons. The van der Waals surface area contributed by atoms with E-state index in [1.807, 2.05) is 0 Å². The van der Waals surface area contributed by atoms with Crippen LogP contribution in [0.25, 0.3) is 94.3 Å². The molecule has 0 bridgehead atoms. The first-order chi connectivity index (χ1) is 33.7. The molecule has 0 aliphatic heterocycles. The standard InChI is InChI=1S/C66H46N2/c1-4-17-47(18-5-1)50-31-33-51(34-32-50)53-37-41-57(42-38-53)67(56-39-35-52(36-40-56)48-19-6-2-7-20-48)58-43-44-59(63(46-58)55-24-16-23-54(45-55)49-21-8-3-9-22-49)60-25-10-13-28-64(60)68-65-29-14-11-26-61(65)62-27-12-15-30-66(62)68/h1-46H. The average Bonchev–Trinajstić information content (AvgIpc) is 3.76. The summed E-state index contributed by atoms with van der Waals surface area (Å²) >= 11 is 0. The highest BCUT2D eigenvalue weighted by atomic mass is 15.1. The lowest BCUT2D eigenvalue weighted by atomic mass is 9.91. The van der Waals surface area contributed by atoms with E-state index >= 15 is 0 Å². The van der Waals surface area contributed by atoms with E-state index in [2.05, 4.69) is 289 Å². The van der Waals surface area contributed by atoms with Gasteiger partial charge in [-0.15, -0.1) is 0 Å². The molecule has 0 unspecified atom stereocenters. The van der Waals surface area contributed by atoms with Gasteiger partial charge in [0, 0.05) is 33.4 Å². The van der Waals surface area contributed by atoms with Gasteiger partial charge in [-0.2, -0.15) is 0 Å². The van der Waals surface area contributed by atoms with Crippen molar-refractivity contribution in [1.82, 2.24) is 4.57 Å². The lowest BCUT2D eigenvalue weighted by molar-refractivity contribution is 1.18. The predicted molar refractivity (Wildman–Crippen MR) is 288 cm³/mol. The molecule has 2 nitrogen and oxygen atoms in total. The Morgan fingerprint density at radius 2 is 0.603 bits per heavy atom. The lowest BCUT2D eigenvalue weighted by Crippen LogP contribution is -2.10. The summed E-state index contributed by atoms with van der Waals surface area (Å²) in [5.74, 6) is 0. The summed E-state index contributed by atoms with van der Waals surface area (Å²) in [7, 11) is 0. The topological polar surface area (TPSA) is 8.17 Å². The summed E-state index contributed by atoms with van der Waals surface area (Å²) in [6.07, 6.45) is 0. The van der Waals surface area contributed by atoms with Crippen molar-refractivity contribution >= 4 is 38.9 Å². The van der Waals surface area contributed by atoms with Crippen LogP contribution < -0.4 is 4.90 Å². The number of hydrogen-bond acceptors (Lipinski definition) is 1. The van der Waals surface area contributed by atoms with Crippen molar-refractivity contribution in [3.05, 3.63) is 279 Å². The average molecular weight is 867 g/mol. The largest absolute Gasteiger partial charge is 0.310 e. The van der Waals surface area contributed by atoms with Crippen molar-refractivity contribution in [2.45, 2.75) is 0 Å². The number of para-hydroxylation sites is 3. The van der Waals surface area contributed by atoms with Crippen LogP contribution in [0.15, 0.2) is 279 Å². The maximum atomic E-state index is 2.44. The molecule has 0 aliphatic carbocycles. The van der Waals surface area contributed by atoms with Crippen LogP contribution in [0.5, 0.6) is 0 Å². The van der Waals surface area contributed by atoms with Crippen LogP contribution in [0.1, 0.15) is 0 Å². The van der Waals surface area contributed by atoms with Crippen LogP contribution in [-0.4, -0.2) is 4.57 Å². The smallest absolute Gasteiger partial charge is 0.0541 e. The van der Waals surface area contributed by atoms with Gasteiger partial charge in [0.15, 0.2) is 0 Å². The zero-order chi connectivity index (χ0) is 45.2. The van der Waals surface area contributed by atoms with E-state index in [1.165, 1.54) is 66.3 Å². The van der Waals surface area contributed by atoms with Crippen molar-refractivity contribution < 1.29 is 0 Å². The normalized spacial score (nSPS) is 11.2. The van der Waals surface area contributed by atoms with Gasteiger partial charge in [-0.25, -0.2) is 0 Å². The van der Waals surface area contributed by atoms with Crippen LogP contribution in [0.4, 0.5) is 17.1 Å². The number of nitrogens with zero attached hydrogens (tertiary/aromatic N) is 2. The Hall–Kier alpha value is -8.98. The molecular formula is C66H46N2. The molecule has 0 N–H and O–H groups in total. The van der Waals surface area contributed by atoms with Crippen LogP contribution >= 0.6 is 0 Å². The van der Waals surface area contributed by atoms with Gasteiger partial charge >= 0.3 is 0 Å². The number of benzene rings is 11. The first kappa shape index (κ1) is 40.5. The summed E-state index contributed by atoms with van der Waals surface area (Å²) in [5.41, 5.74) is 20.9. The van der Waals surface area contributed by atoms with E-state index in [-0.39, 0.29) is 0 Å². The second-order valence-corrected chi connectivity index (χ2v) is 17.3. The Bertz CT molecular complexity index is 3630. The minimum atomic E-state index is 1.07. The molecule has 11 aromatic carbocycles. The number of anilines is 3. The van der Waals surface area contributed by atoms with E-state index in [0.717, 1.165) is 45.0 Å². The molecule has 0 amide bonds. The van der Waals surface area contributed by atoms with E-state index in [4.69, 9.17) is 0 Å². The molecule has 12 rings (SSSR count). The highest BCUT2D eigenvalue weighted by Crippen LogP contribution is 2.45. The van der Waals surface area contributed by atoms with Gasteiger partial charge in [-0.3, -0.25) is 0 Å². The third-order valence-corrected chi connectivity index (χ3v) is 13.2. The van der Waals surface area contributed by atoms with Gasteiger partial charge in [-0.05, 0) is 122 Å². The fraction of sp³-hybridized carbons (Fsp3) is 0. The lowest BCUT2D eigenvalue weighted by Gasteiger charge is -2.27. The summed E-state index contributed by atoms with van der Waals surface area (Å²) in [5, 5.41) is 2.49. The zero-order valence-electron chi connectivity index (χ0n) is 37.5. The molecule has 2 heteroatoms. The summed E-state index contributed by atoms with van der Waals surface area (Å²) in [6, 6.07) is 101. The third kappa shape index (κ3) is 7.64. The van der Waals surface area contributed by atoms with E-state index in [0.29, 0.717) is 0 Å². The summed E-state index contributed by atoms with van der Waals surface area (Å²) < 4.78 is 2.44. The van der Waals surface area contributed by atoms with Crippen LogP contribution in [0, 0.1) is 0 Å². The van der Waals surface area contributed by atoms with Gasteiger partial charge in [0.2, 0.25) is 0 Å². The fourth-order valence-electron chi connectivity index (χ4n) is 9.89. The van der Waals surface area contributed by atoms with Crippen LogP contribution in [-0.2, 0) is 0 Å². The Morgan fingerprint density at radius 3 is 1.13 bits per heavy atom. The van der Waals surface area contributed by atoms with Crippen molar-refractivity contribution in [2.24, 2.45) is 0 Å². The SMILES string of the molecule is c1ccc(-c2ccc(-c3ccc(N(c4ccc(-c5ccccc5)cc4)c4ccc(-c5ccccc5-n5c6ccccc6c6ccccc65)c(-c5cccc(-c6ccccc6)c5)c4)cc3)cc2)cc1. The molecule has 0 aliphatic rings. The molecule has 0 saturated carbocycles. The highest BCUT2D eigenvalue weighted by Gasteiger charge is 2.21. The summed E-state index contributed by atoms with van der Waals surface area (Å²) in [6.45, 7) is 0. The van der Waals surface area contributed by atoms with Gasteiger partial charge < -0.3 is 9.47 Å². The molecule has 0 saturated heterocycles. The Balaban J connectivity index is 1.03. The minimum absolute atomic E-state index is 1.07. The van der Waals surface area contributed by atoms with Crippen LogP contribution in [0.3, 0.4) is 0 Å². The molecule has 1 heterocycles.